The standard InChI is InChI=1S/C17H26O6/c1-5-17(3,4)16(21)22-10-11(2)23-15(20)13-9-7-6-8-12(13)14(18)19/h6-7,11-13H,5,8-10H2,1-4H3,(H,18,19). The average Bonchev–Trinajstić information content (AvgIpc) is 2.52. The lowest BCUT2D eigenvalue weighted by atomic mass is 9.83. The average molecular weight is 326 g/mol. The van der Waals surface area contributed by atoms with Crippen molar-refractivity contribution in [2.75, 3.05) is 6.61 Å². The molecule has 3 atom stereocenters. The normalized spacial score (nSPS) is 22.3. The van der Waals surface area contributed by atoms with E-state index in [4.69, 9.17) is 9.47 Å². The first-order chi connectivity index (χ1) is 10.7. The van der Waals surface area contributed by atoms with E-state index in [1.165, 1.54) is 0 Å². The van der Waals surface area contributed by atoms with E-state index in [1.807, 2.05) is 6.92 Å². The van der Waals surface area contributed by atoms with Crippen LogP contribution in [0, 0.1) is 17.3 Å². The summed E-state index contributed by atoms with van der Waals surface area (Å²) in [7, 11) is 0. The lowest BCUT2D eigenvalue weighted by molar-refractivity contribution is -0.168. The van der Waals surface area contributed by atoms with Crippen LogP contribution >= 0.6 is 0 Å². The van der Waals surface area contributed by atoms with Crippen molar-refractivity contribution in [3.8, 4) is 0 Å². The third kappa shape index (κ3) is 5.37. The van der Waals surface area contributed by atoms with Gasteiger partial charge in [-0.15, -0.1) is 0 Å². The molecule has 1 aliphatic carbocycles. The predicted molar refractivity (Wildman–Crippen MR) is 83.6 cm³/mol. The van der Waals surface area contributed by atoms with Crippen LogP contribution in [0.2, 0.25) is 0 Å². The fourth-order valence-electron chi connectivity index (χ4n) is 2.20. The molecule has 6 heteroatoms. The van der Waals surface area contributed by atoms with Gasteiger partial charge in [0.25, 0.3) is 0 Å². The van der Waals surface area contributed by atoms with E-state index in [0.29, 0.717) is 19.3 Å². The van der Waals surface area contributed by atoms with Gasteiger partial charge < -0.3 is 14.6 Å². The lowest BCUT2D eigenvalue weighted by Crippen LogP contribution is -2.35. The van der Waals surface area contributed by atoms with Crippen LogP contribution in [0.3, 0.4) is 0 Å². The summed E-state index contributed by atoms with van der Waals surface area (Å²) in [5.74, 6) is -3.35. The molecule has 0 spiro atoms. The van der Waals surface area contributed by atoms with Gasteiger partial charge in [-0.25, -0.2) is 0 Å². The summed E-state index contributed by atoms with van der Waals surface area (Å²) in [6.45, 7) is 7.07. The van der Waals surface area contributed by atoms with Crippen molar-refractivity contribution in [3.05, 3.63) is 12.2 Å². The highest BCUT2D eigenvalue weighted by molar-refractivity contribution is 5.82. The van der Waals surface area contributed by atoms with E-state index >= 15 is 0 Å². The Morgan fingerprint density at radius 2 is 1.78 bits per heavy atom. The second kappa shape index (κ2) is 8.13. The Kier molecular flexibility index (Phi) is 6.79. The SMILES string of the molecule is CCC(C)(C)C(=O)OCC(C)OC(=O)C1CC=CCC1C(=O)O. The van der Waals surface area contributed by atoms with Crippen LogP contribution in [0.5, 0.6) is 0 Å². The van der Waals surface area contributed by atoms with Gasteiger partial charge >= 0.3 is 17.9 Å². The molecule has 1 N–H and O–H groups in total. The smallest absolute Gasteiger partial charge is 0.311 e. The van der Waals surface area contributed by atoms with E-state index < -0.39 is 35.3 Å². The Morgan fingerprint density at radius 3 is 2.30 bits per heavy atom. The molecule has 1 aliphatic rings. The lowest BCUT2D eigenvalue weighted by Gasteiger charge is -2.26. The number of ether oxygens (including phenoxy) is 2. The molecule has 0 aromatic rings. The number of carbonyl (C=O) groups excluding carboxylic acids is 2. The molecule has 0 aliphatic heterocycles. The third-order valence-electron chi connectivity index (χ3n) is 4.26. The van der Waals surface area contributed by atoms with Gasteiger partial charge in [0.05, 0.1) is 17.3 Å². The molecule has 0 aromatic heterocycles. The van der Waals surface area contributed by atoms with E-state index in [-0.39, 0.29) is 12.6 Å². The van der Waals surface area contributed by atoms with Crippen LogP contribution < -0.4 is 0 Å². The predicted octanol–water partition coefficient (Wildman–Crippen LogP) is 2.56. The number of hydrogen-bond donors (Lipinski definition) is 1. The molecule has 0 saturated heterocycles. The maximum Gasteiger partial charge on any atom is 0.311 e. The van der Waals surface area contributed by atoms with Gasteiger partial charge in [-0.2, -0.15) is 0 Å². The van der Waals surface area contributed by atoms with Crippen LogP contribution in [0.25, 0.3) is 0 Å². The first-order valence-electron chi connectivity index (χ1n) is 7.94. The molecule has 0 radical (unpaired) electrons. The van der Waals surface area contributed by atoms with Gasteiger partial charge in [0.1, 0.15) is 12.7 Å². The summed E-state index contributed by atoms with van der Waals surface area (Å²) in [6.07, 6.45) is 4.27. The molecule has 130 valence electrons. The van der Waals surface area contributed by atoms with E-state index in [0.717, 1.165) is 0 Å². The highest BCUT2D eigenvalue weighted by Crippen LogP contribution is 2.27. The van der Waals surface area contributed by atoms with Crippen molar-refractivity contribution in [2.24, 2.45) is 17.3 Å². The van der Waals surface area contributed by atoms with Crippen LogP contribution in [0.15, 0.2) is 12.2 Å². The zero-order chi connectivity index (χ0) is 17.6. The monoisotopic (exact) mass is 326 g/mol. The molecular formula is C17H26O6. The molecular weight excluding hydrogens is 300 g/mol. The van der Waals surface area contributed by atoms with E-state index in [2.05, 4.69) is 0 Å². The fourth-order valence-corrected chi connectivity index (χ4v) is 2.20. The molecule has 0 bridgehead atoms. The first-order valence-corrected chi connectivity index (χ1v) is 7.94. The van der Waals surface area contributed by atoms with Gasteiger partial charge in [-0.05, 0) is 40.0 Å². The molecule has 23 heavy (non-hydrogen) atoms. The topological polar surface area (TPSA) is 89.9 Å². The van der Waals surface area contributed by atoms with Crippen molar-refractivity contribution in [1.82, 2.24) is 0 Å². The number of esters is 2. The van der Waals surface area contributed by atoms with Crippen molar-refractivity contribution < 1.29 is 29.0 Å². The van der Waals surface area contributed by atoms with Crippen LogP contribution in [0.4, 0.5) is 0 Å². The number of carboxylic acids is 1. The number of hydrogen-bond acceptors (Lipinski definition) is 5. The summed E-state index contributed by atoms with van der Waals surface area (Å²) >= 11 is 0. The first kappa shape index (κ1) is 19.2. The second-order valence-electron chi connectivity index (χ2n) is 6.58. The number of carboxylic acid groups (broad SMARTS) is 1. The van der Waals surface area contributed by atoms with Crippen molar-refractivity contribution in [1.29, 1.82) is 0 Å². The van der Waals surface area contributed by atoms with Gasteiger partial charge in [0.15, 0.2) is 0 Å². The third-order valence-corrected chi connectivity index (χ3v) is 4.26. The Morgan fingerprint density at radius 1 is 1.22 bits per heavy atom. The highest BCUT2D eigenvalue weighted by Gasteiger charge is 2.36. The van der Waals surface area contributed by atoms with Gasteiger partial charge in [-0.1, -0.05) is 19.1 Å². The van der Waals surface area contributed by atoms with Crippen molar-refractivity contribution in [3.63, 3.8) is 0 Å². The Hall–Kier alpha value is -1.85. The second-order valence-corrected chi connectivity index (χ2v) is 6.58. The van der Waals surface area contributed by atoms with E-state index in [9.17, 15) is 19.5 Å². The molecule has 6 nitrogen and oxygen atoms in total. The van der Waals surface area contributed by atoms with E-state index in [1.54, 1.807) is 32.9 Å². The van der Waals surface area contributed by atoms with Crippen LogP contribution in [-0.2, 0) is 23.9 Å². The Labute approximate surface area is 136 Å². The van der Waals surface area contributed by atoms with Gasteiger partial charge in [0, 0.05) is 0 Å². The molecule has 0 heterocycles. The summed E-state index contributed by atoms with van der Waals surface area (Å²) < 4.78 is 10.4. The molecule has 1 rings (SSSR count). The summed E-state index contributed by atoms with van der Waals surface area (Å²) in [4.78, 5) is 35.2. The zero-order valence-corrected chi connectivity index (χ0v) is 14.2. The van der Waals surface area contributed by atoms with Crippen molar-refractivity contribution in [2.45, 2.75) is 53.1 Å². The number of carbonyl (C=O) groups is 3. The number of aliphatic carboxylic acids is 1. The summed E-state index contributed by atoms with van der Waals surface area (Å²) in [6, 6.07) is 0. The molecule has 0 fully saturated rings. The van der Waals surface area contributed by atoms with Gasteiger partial charge in [0.2, 0.25) is 0 Å². The van der Waals surface area contributed by atoms with Crippen LogP contribution in [0.1, 0.15) is 47.0 Å². The summed E-state index contributed by atoms with van der Waals surface area (Å²) in [5.41, 5.74) is -0.577. The maximum absolute atomic E-state index is 12.2. The largest absolute Gasteiger partial charge is 0.481 e. The minimum atomic E-state index is -1.000. The minimum Gasteiger partial charge on any atom is -0.481 e. The number of rotatable bonds is 7. The Balaban J connectivity index is 2.52. The molecule has 0 aromatic carbocycles. The Bertz CT molecular complexity index is 479. The van der Waals surface area contributed by atoms with Crippen molar-refractivity contribution >= 4 is 17.9 Å². The molecule has 0 amide bonds. The van der Waals surface area contributed by atoms with Gasteiger partial charge in [-0.3, -0.25) is 14.4 Å². The maximum atomic E-state index is 12.2. The fraction of sp³-hybridized carbons (Fsp3) is 0.706. The molecule has 0 saturated carbocycles. The molecule has 3 unspecified atom stereocenters. The number of allylic oxidation sites excluding steroid dienone is 2. The highest BCUT2D eigenvalue weighted by atomic mass is 16.6. The summed E-state index contributed by atoms with van der Waals surface area (Å²) in [5, 5.41) is 9.17. The quantitative estimate of drug-likeness (QED) is 0.571. The van der Waals surface area contributed by atoms with Crippen LogP contribution in [-0.4, -0.2) is 35.7 Å². The minimum absolute atomic E-state index is 0.0334. The zero-order valence-electron chi connectivity index (χ0n) is 14.2.